The van der Waals surface area contributed by atoms with Crippen molar-refractivity contribution in [3.8, 4) is 11.3 Å². The summed E-state index contributed by atoms with van der Waals surface area (Å²) in [6, 6.07) is 9.54. The Morgan fingerprint density at radius 2 is 1.86 bits per heavy atom. The van der Waals surface area contributed by atoms with Crippen molar-refractivity contribution in [2.24, 2.45) is 0 Å². The number of aryl methyl sites for hydroxylation is 1. The first kappa shape index (κ1) is 18.5. The highest BCUT2D eigenvalue weighted by atomic mass is 19.2. The molecular weight excluding hydrogens is 383 g/mol. The third-order valence-electron chi connectivity index (χ3n) is 4.32. The van der Waals surface area contributed by atoms with Crippen LogP contribution >= 0.6 is 0 Å². The molecule has 0 unspecified atom stereocenters. The molecule has 2 amide bonds. The van der Waals surface area contributed by atoms with Crippen LogP contribution in [0.1, 0.15) is 5.69 Å². The summed E-state index contributed by atoms with van der Waals surface area (Å²) in [5, 5.41) is 4.69. The molecule has 146 valence electrons. The van der Waals surface area contributed by atoms with Gasteiger partial charge in [-0.05, 0) is 37.3 Å². The molecule has 2 aromatic heterocycles. The largest absolute Gasteiger partial charge is 0.323 e. The normalized spacial score (nSPS) is 10.9. The first-order chi connectivity index (χ1) is 13.9. The summed E-state index contributed by atoms with van der Waals surface area (Å²) in [7, 11) is 0. The van der Waals surface area contributed by atoms with Gasteiger partial charge in [-0.3, -0.25) is 4.40 Å². The molecule has 0 bridgehead atoms. The highest BCUT2D eigenvalue weighted by molar-refractivity contribution is 6.00. The molecule has 0 saturated heterocycles. The molecule has 4 aromatic rings. The van der Waals surface area contributed by atoms with Crippen molar-refractivity contribution in [2.75, 3.05) is 10.6 Å². The van der Waals surface area contributed by atoms with Gasteiger partial charge in [0, 0.05) is 29.3 Å². The number of hydrogen-bond donors (Lipinski definition) is 2. The second-order valence-electron chi connectivity index (χ2n) is 6.22. The zero-order valence-electron chi connectivity index (χ0n) is 15.1. The van der Waals surface area contributed by atoms with E-state index >= 15 is 0 Å². The van der Waals surface area contributed by atoms with E-state index < -0.39 is 29.2 Å². The molecule has 0 atom stereocenters. The number of carbonyl (C=O) groups excluding carboxylic acids is 1. The van der Waals surface area contributed by atoms with E-state index in [2.05, 4.69) is 20.6 Å². The molecular formula is C20H14F3N5O. The average molecular weight is 397 g/mol. The highest BCUT2D eigenvalue weighted by Gasteiger charge is 2.16. The fourth-order valence-corrected chi connectivity index (χ4v) is 2.93. The molecule has 6 nitrogen and oxygen atoms in total. The van der Waals surface area contributed by atoms with E-state index in [9.17, 15) is 18.0 Å². The number of nitrogens with one attached hydrogen (secondary N) is 2. The molecule has 0 aliphatic rings. The van der Waals surface area contributed by atoms with E-state index in [1.807, 2.05) is 23.6 Å². The molecule has 4 rings (SSSR count). The number of halogens is 3. The van der Waals surface area contributed by atoms with Crippen LogP contribution in [0.4, 0.5) is 29.3 Å². The number of amides is 2. The fraction of sp³-hybridized carbons (Fsp3) is 0.0500. The van der Waals surface area contributed by atoms with Crippen molar-refractivity contribution in [1.29, 1.82) is 0 Å². The molecule has 0 fully saturated rings. The van der Waals surface area contributed by atoms with Gasteiger partial charge >= 0.3 is 6.03 Å². The molecule has 0 spiro atoms. The van der Waals surface area contributed by atoms with Crippen molar-refractivity contribution < 1.29 is 18.0 Å². The van der Waals surface area contributed by atoms with Crippen LogP contribution in [-0.4, -0.2) is 20.4 Å². The van der Waals surface area contributed by atoms with Gasteiger partial charge in [-0.1, -0.05) is 12.1 Å². The van der Waals surface area contributed by atoms with Gasteiger partial charge < -0.3 is 10.6 Å². The highest BCUT2D eigenvalue weighted by Crippen LogP contribution is 2.26. The maximum Gasteiger partial charge on any atom is 0.323 e. The summed E-state index contributed by atoms with van der Waals surface area (Å²) in [6.07, 6.45) is 3.49. The molecule has 2 N–H and O–H groups in total. The minimum atomic E-state index is -1.65. The maximum atomic E-state index is 13.7. The molecule has 9 heteroatoms. The Kier molecular flexibility index (Phi) is 4.63. The Morgan fingerprint density at radius 3 is 2.66 bits per heavy atom. The Bertz CT molecular complexity index is 1240. The van der Waals surface area contributed by atoms with Crippen molar-refractivity contribution in [3.05, 3.63) is 78.0 Å². The number of benzene rings is 2. The van der Waals surface area contributed by atoms with Crippen LogP contribution in [0.3, 0.4) is 0 Å². The van der Waals surface area contributed by atoms with Gasteiger partial charge in [-0.15, -0.1) is 0 Å². The van der Waals surface area contributed by atoms with Crippen LogP contribution in [0, 0.1) is 24.4 Å². The number of rotatable bonds is 3. The number of hydrogen-bond acceptors (Lipinski definition) is 3. The van der Waals surface area contributed by atoms with E-state index in [0.717, 1.165) is 23.4 Å². The molecule has 2 aromatic carbocycles. The van der Waals surface area contributed by atoms with Gasteiger partial charge in [0.25, 0.3) is 0 Å². The minimum absolute atomic E-state index is 0.410. The smallest absolute Gasteiger partial charge is 0.308 e. The molecule has 0 aliphatic heterocycles. The van der Waals surface area contributed by atoms with E-state index in [4.69, 9.17) is 0 Å². The summed E-state index contributed by atoms with van der Waals surface area (Å²) in [6.45, 7) is 1.90. The zero-order valence-corrected chi connectivity index (χ0v) is 15.1. The minimum Gasteiger partial charge on any atom is -0.308 e. The van der Waals surface area contributed by atoms with Crippen LogP contribution in [-0.2, 0) is 0 Å². The van der Waals surface area contributed by atoms with Crippen molar-refractivity contribution in [1.82, 2.24) is 14.4 Å². The molecule has 0 aliphatic carbocycles. The van der Waals surface area contributed by atoms with Crippen LogP contribution in [0.15, 0.2) is 54.9 Å². The van der Waals surface area contributed by atoms with Crippen LogP contribution < -0.4 is 10.6 Å². The van der Waals surface area contributed by atoms with Crippen LogP contribution in [0.5, 0.6) is 0 Å². The number of urea groups is 1. The summed E-state index contributed by atoms with van der Waals surface area (Å²) in [5.74, 6) is -3.91. The number of imidazole rings is 1. The van der Waals surface area contributed by atoms with Crippen molar-refractivity contribution in [2.45, 2.75) is 6.92 Å². The topological polar surface area (TPSA) is 71.3 Å². The zero-order chi connectivity index (χ0) is 20.5. The van der Waals surface area contributed by atoms with Crippen LogP contribution in [0.25, 0.3) is 17.0 Å². The number of carbonyl (C=O) groups is 1. The van der Waals surface area contributed by atoms with Gasteiger partial charge in [0.2, 0.25) is 5.78 Å². The second kappa shape index (κ2) is 7.27. The monoisotopic (exact) mass is 397 g/mol. The first-order valence-electron chi connectivity index (χ1n) is 8.55. The van der Waals surface area contributed by atoms with Gasteiger partial charge in [-0.2, -0.15) is 0 Å². The lowest BCUT2D eigenvalue weighted by Crippen LogP contribution is -2.20. The summed E-state index contributed by atoms with van der Waals surface area (Å²) in [4.78, 5) is 20.9. The third kappa shape index (κ3) is 3.49. The van der Waals surface area contributed by atoms with E-state index in [0.29, 0.717) is 17.2 Å². The van der Waals surface area contributed by atoms with Gasteiger partial charge in [0.05, 0.1) is 11.4 Å². The molecule has 2 heterocycles. The van der Waals surface area contributed by atoms with E-state index in [-0.39, 0.29) is 0 Å². The average Bonchev–Trinajstić information content (AvgIpc) is 3.06. The summed E-state index contributed by atoms with van der Waals surface area (Å²) < 4.78 is 41.9. The lowest BCUT2D eigenvalue weighted by atomic mass is 10.1. The number of nitrogens with zero attached hydrogens (tertiary/aromatic N) is 3. The lowest BCUT2D eigenvalue weighted by Gasteiger charge is -2.10. The molecule has 0 saturated carbocycles. The molecule has 29 heavy (non-hydrogen) atoms. The summed E-state index contributed by atoms with van der Waals surface area (Å²) in [5.41, 5.74) is 2.25. The number of fused-ring (bicyclic) bond motifs is 1. The number of anilines is 2. The Hall–Kier alpha value is -3.88. The second-order valence-corrected chi connectivity index (χ2v) is 6.22. The lowest BCUT2D eigenvalue weighted by molar-refractivity contribution is 0.262. The van der Waals surface area contributed by atoms with E-state index in [1.54, 1.807) is 30.5 Å². The van der Waals surface area contributed by atoms with Crippen molar-refractivity contribution >= 4 is 23.2 Å². The summed E-state index contributed by atoms with van der Waals surface area (Å²) >= 11 is 0. The predicted octanol–water partition coefficient (Wildman–Crippen LogP) is 4.77. The Balaban J connectivity index is 1.57. The molecule has 0 radical (unpaired) electrons. The van der Waals surface area contributed by atoms with E-state index in [1.165, 1.54) is 0 Å². The maximum absolute atomic E-state index is 13.7. The van der Waals surface area contributed by atoms with Gasteiger partial charge in [0.1, 0.15) is 0 Å². The first-order valence-corrected chi connectivity index (χ1v) is 8.55. The Morgan fingerprint density at radius 1 is 1.03 bits per heavy atom. The van der Waals surface area contributed by atoms with Gasteiger partial charge in [0.15, 0.2) is 17.5 Å². The quantitative estimate of drug-likeness (QED) is 0.490. The van der Waals surface area contributed by atoms with Crippen LogP contribution in [0.2, 0.25) is 0 Å². The fourth-order valence-electron chi connectivity index (χ4n) is 2.93. The van der Waals surface area contributed by atoms with Crippen molar-refractivity contribution in [3.63, 3.8) is 0 Å². The SMILES string of the molecule is Cc1c(-c2cccc(NC(=O)Nc3ccc(F)c(F)c3F)c2)nc2ncccn12. The third-order valence-corrected chi connectivity index (χ3v) is 4.32. The number of aromatic nitrogens is 3. The standard InChI is InChI=1S/C20H14F3N5O/c1-11-18(27-19-24-8-3-9-28(11)19)12-4-2-5-13(10-12)25-20(29)26-15-7-6-14(21)16(22)17(15)23/h2-10H,1H3,(H2,25,26,29). The Labute approximate surface area is 163 Å². The predicted molar refractivity (Wildman–Crippen MR) is 102 cm³/mol. The van der Waals surface area contributed by atoms with Gasteiger partial charge in [-0.25, -0.2) is 27.9 Å².